The summed E-state index contributed by atoms with van der Waals surface area (Å²) in [5.74, 6) is 0.497. The van der Waals surface area contributed by atoms with Gasteiger partial charge in [-0.3, -0.25) is 9.78 Å². The molecular weight excluding hydrogens is 535 g/mol. The number of halogens is 2. The number of carbonyl (C=O) groups is 1. The van der Waals surface area contributed by atoms with E-state index in [1.165, 1.54) is 10.6 Å². The highest BCUT2D eigenvalue weighted by Gasteiger charge is 2.30. The Labute approximate surface area is 236 Å². The Balaban J connectivity index is 1.78. The van der Waals surface area contributed by atoms with Crippen molar-refractivity contribution in [1.29, 1.82) is 0 Å². The van der Waals surface area contributed by atoms with Crippen LogP contribution in [0.3, 0.4) is 0 Å². The van der Waals surface area contributed by atoms with Crippen molar-refractivity contribution in [3.8, 4) is 17.1 Å². The van der Waals surface area contributed by atoms with Crippen molar-refractivity contribution in [3.05, 3.63) is 87.4 Å². The summed E-state index contributed by atoms with van der Waals surface area (Å²) in [6.07, 6.45) is 2.94. The van der Waals surface area contributed by atoms with Crippen molar-refractivity contribution >= 4 is 46.0 Å². The molecule has 4 heterocycles. The third-order valence-corrected chi connectivity index (χ3v) is 7.56. The number of nitrogens with zero attached hydrogens (tertiary/aromatic N) is 6. The number of anilines is 1. The molecule has 0 spiro atoms. The van der Waals surface area contributed by atoms with Crippen molar-refractivity contribution in [2.45, 2.75) is 32.7 Å². The Bertz CT molecular complexity index is 1650. The standard InChI is InChI=1S/C29H28Cl2N6O2/c1-5-24(38)35-13-14-36(18(4)16-35)27-20-15-22(31)26(25-21(30)10-8-12-32-25)33-28(20)37(29(39)34-27)23-11-7-6-9-19(23)17(2)3/h5-12,15,17-18H,1,13-14,16H2,2-4H3/t18-/m0/s1. The van der Waals surface area contributed by atoms with Crippen molar-refractivity contribution in [2.24, 2.45) is 0 Å². The van der Waals surface area contributed by atoms with Crippen LogP contribution in [0, 0.1) is 0 Å². The monoisotopic (exact) mass is 562 g/mol. The van der Waals surface area contributed by atoms with E-state index in [1.54, 1.807) is 29.3 Å². The number of hydrogen-bond donors (Lipinski definition) is 0. The lowest BCUT2D eigenvalue weighted by molar-refractivity contribution is -0.126. The first-order valence-electron chi connectivity index (χ1n) is 12.7. The fraction of sp³-hybridized carbons (Fsp3) is 0.276. The minimum atomic E-state index is -0.463. The normalized spacial score (nSPS) is 15.7. The van der Waals surface area contributed by atoms with Crippen LogP contribution in [0.5, 0.6) is 0 Å². The zero-order valence-corrected chi connectivity index (χ0v) is 23.4. The van der Waals surface area contributed by atoms with Crippen LogP contribution >= 0.6 is 23.2 Å². The molecule has 0 N–H and O–H groups in total. The number of hydrogen-bond acceptors (Lipinski definition) is 6. The first-order chi connectivity index (χ1) is 18.7. The van der Waals surface area contributed by atoms with Gasteiger partial charge in [-0.25, -0.2) is 14.3 Å². The van der Waals surface area contributed by atoms with Crippen LogP contribution in [-0.2, 0) is 4.79 Å². The van der Waals surface area contributed by atoms with Crippen molar-refractivity contribution < 1.29 is 4.79 Å². The zero-order valence-electron chi connectivity index (χ0n) is 21.9. The Kier molecular flexibility index (Phi) is 7.42. The number of piperazine rings is 1. The van der Waals surface area contributed by atoms with E-state index in [1.807, 2.05) is 36.1 Å². The van der Waals surface area contributed by atoms with Crippen LogP contribution in [-0.4, -0.2) is 56.0 Å². The SMILES string of the molecule is C=CC(=O)N1CCN(c2nc(=O)n(-c3ccccc3C(C)C)c3nc(-c4ncccc4Cl)c(Cl)cc23)[C@@H](C)C1. The minimum absolute atomic E-state index is 0.111. The molecule has 8 nitrogen and oxygen atoms in total. The van der Waals surface area contributed by atoms with E-state index < -0.39 is 5.69 Å². The van der Waals surface area contributed by atoms with E-state index in [-0.39, 0.29) is 17.9 Å². The summed E-state index contributed by atoms with van der Waals surface area (Å²) in [6.45, 7) is 11.2. The first-order valence-corrected chi connectivity index (χ1v) is 13.5. The lowest BCUT2D eigenvalue weighted by Gasteiger charge is -2.40. The van der Waals surface area contributed by atoms with Gasteiger partial charge in [0, 0.05) is 31.9 Å². The highest BCUT2D eigenvalue weighted by Crippen LogP contribution is 2.36. The van der Waals surface area contributed by atoms with Gasteiger partial charge < -0.3 is 9.80 Å². The molecular formula is C29H28Cl2N6O2. The number of carbonyl (C=O) groups excluding carboxylic acids is 1. The van der Waals surface area contributed by atoms with Crippen LogP contribution in [0.4, 0.5) is 5.82 Å². The predicted octanol–water partition coefficient (Wildman–Crippen LogP) is 5.50. The van der Waals surface area contributed by atoms with Crippen molar-refractivity contribution in [1.82, 2.24) is 24.4 Å². The van der Waals surface area contributed by atoms with Crippen LogP contribution < -0.4 is 10.6 Å². The Morgan fingerprint density at radius 3 is 2.54 bits per heavy atom. The molecule has 1 aliphatic rings. The Morgan fingerprint density at radius 2 is 1.85 bits per heavy atom. The van der Waals surface area contributed by atoms with Gasteiger partial charge >= 0.3 is 5.69 Å². The maximum Gasteiger partial charge on any atom is 0.355 e. The second-order valence-electron chi connectivity index (χ2n) is 9.82. The molecule has 1 aliphatic heterocycles. The molecule has 0 aliphatic carbocycles. The van der Waals surface area contributed by atoms with Crippen LogP contribution in [0.15, 0.2) is 66.1 Å². The highest BCUT2D eigenvalue weighted by molar-refractivity contribution is 6.36. The maximum absolute atomic E-state index is 13.8. The third-order valence-electron chi connectivity index (χ3n) is 6.97. The molecule has 3 aromatic heterocycles. The van der Waals surface area contributed by atoms with Gasteiger partial charge in [-0.05, 0) is 48.7 Å². The van der Waals surface area contributed by atoms with Crippen molar-refractivity contribution in [3.63, 3.8) is 0 Å². The molecule has 1 amide bonds. The number of benzene rings is 1. The Hall–Kier alpha value is -3.75. The molecule has 200 valence electrons. The quantitative estimate of drug-likeness (QED) is 0.299. The minimum Gasteiger partial charge on any atom is -0.350 e. The molecule has 1 fully saturated rings. The number of pyridine rings is 2. The second-order valence-corrected chi connectivity index (χ2v) is 10.6. The molecule has 0 radical (unpaired) electrons. The first kappa shape index (κ1) is 26.8. The number of amides is 1. The van der Waals surface area contributed by atoms with Crippen molar-refractivity contribution in [2.75, 3.05) is 24.5 Å². The predicted molar refractivity (Wildman–Crippen MR) is 156 cm³/mol. The van der Waals surface area contributed by atoms with Gasteiger partial charge in [-0.1, -0.05) is 61.8 Å². The molecule has 1 aromatic carbocycles. The molecule has 1 saturated heterocycles. The van der Waals surface area contributed by atoms with E-state index in [4.69, 9.17) is 28.2 Å². The summed E-state index contributed by atoms with van der Waals surface area (Å²) in [4.78, 5) is 43.7. The lowest BCUT2D eigenvalue weighted by Crippen LogP contribution is -2.54. The van der Waals surface area contributed by atoms with E-state index in [0.29, 0.717) is 63.6 Å². The van der Waals surface area contributed by atoms with Gasteiger partial charge in [-0.2, -0.15) is 4.98 Å². The van der Waals surface area contributed by atoms with E-state index in [2.05, 4.69) is 30.4 Å². The van der Waals surface area contributed by atoms with Gasteiger partial charge in [0.05, 0.1) is 21.1 Å². The number of aromatic nitrogens is 4. The van der Waals surface area contributed by atoms with Gasteiger partial charge in [-0.15, -0.1) is 0 Å². The van der Waals surface area contributed by atoms with Crippen LogP contribution in [0.1, 0.15) is 32.3 Å². The van der Waals surface area contributed by atoms with Gasteiger partial charge in [0.15, 0.2) is 5.65 Å². The van der Waals surface area contributed by atoms with E-state index in [0.717, 1.165) is 5.56 Å². The average Bonchev–Trinajstić information content (AvgIpc) is 2.92. The average molecular weight is 563 g/mol. The second kappa shape index (κ2) is 10.8. The van der Waals surface area contributed by atoms with E-state index >= 15 is 0 Å². The summed E-state index contributed by atoms with van der Waals surface area (Å²) in [5.41, 5.74) is 2.41. The smallest absolute Gasteiger partial charge is 0.350 e. The maximum atomic E-state index is 13.8. The molecule has 0 unspecified atom stereocenters. The fourth-order valence-corrected chi connectivity index (χ4v) is 5.50. The lowest BCUT2D eigenvalue weighted by atomic mass is 10.0. The zero-order chi connectivity index (χ0) is 27.8. The van der Waals surface area contributed by atoms with Gasteiger partial charge in [0.2, 0.25) is 5.91 Å². The van der Waals surface area contributed by atoms with Crippen LogP contribution in [0.25, 0.3) is 28.1 Å². The summed E-state index contributed by atoms with van der Waals surface area (Å²) in [7, 11) is 0. The fourth-order valence-electron chi connectivity index (χ4n) is 5.05. The summed E-state index contributed by atoms with van der Waals surface area (Å²) in [6, 6.07) is 12.8. The molecule has 0 saturated carbocycles. The summed E-state index contributed by atoms with van der Waals surface area (Å²) >= 11 is 13.3. The largest absolute Gasteiger partial charge is 0.355 e. The molecule has 5 rings (SSSR count). The Morgan fingerprint density at radius 1 is 1.08 bits per heavy atom. The third kappa shape index (κ3) is 4.90. The van der Waals surface area contributed by atoms with Crippen LogP contribution in [0.2, 0.25) is 10.0 Å². The topological polar surface area (TPSA) is 84.2 Å². The molecule has 0 bridgehead atoms. The number of rotatable bonds is 5. The molecule has 39 heavy (non-hydrogen) atoms. The van der Waals surface area contributed by atoms with E-state index in [9.17, 15) is 9.59 Å². The number of para-hydroxylation sites is 1. The molecule has 4 aromatic rings. The summed E-state index contributed by atoms with van der Waals surface area (Å²) < 4.78 is 1.53. The molecule has 10 heteroatoms. The summed E-state index contributed by atoms with van der Waals surface area (Å²) in [5, 5.41) is 1.35. The van der Waals surface area contributed by atoms with Gasteiger partial charge in [0.25, 0.3) is 0 Å². The highest BCUT2D eigenvalue weighted by atomic mass is 35.5. The number of fused-ring (bicyclic) bond motifs is 1. The molecule has 1 atom stereocenters. The van der Waals surface area contributed by atoms with Gasteiger partial charge in [0.1, 0.15) is 17.2 Å².